The average molecular weight is 393 g/mol. The first-order chi connectivity index (χ1) is 12.3. The maximum absolute atomic E-state index is 11.2. The first-order valence-corrected chi connectivity index (χ1v) is 13.9. The summed E-state index contributed by atoms with van der Waals surface area (Å²) in [5.41, 5.74) is 3.15. The van der Waals surface area contributed by atoms with E-state index in [9.17, 15) is 5.11 Å². The standard InChI is InChI=1S/C24H44O2Si/c1-18-10-9-11-19(2)16-21(25)20-17-24(6,14-12-18)15-13-22(20)26-27(7,8)23(3,4)5/h10,16,20-22,25H,9,11-15,17H2,1-8H3/b18-10-,19-16-/t20-,21-,22-,24+/m1/s1. The van der Waals surface area contributed by atoms with E-state index in [0.717, 1.165) is 25.7 Å². The zero-order valence-electron chi connectivity index (χ0n) is 19.2. The Hall–Kier alpha value is -0.383. The molecule has 0 unspecified atom stereocenters. The molecule has 2 aliphatic carbocycles. The number of hydrogen-bond acceptors (Lipinski definition) is 2. The van der Waals surface area contributed by atoms with E-state index in [-0.39, 0.29) is 23.2 Å². The molecule has 0 amide bonds. The van der Waals surface area contributed by atoms with E-state index in [1.54, 1.807) is 0 Å². The zero-order chi connectivity index (χ0) is 20.5. The third-order valence-electron chi connectivity index (χ3n) is 7.54. The van der Waals surface area contributed by atoms with Crippen molar-refractivity contribution >= 4 is 8.32 Å². The van der Waals surface area contributed by atoms with Gasteiger partial charge in [-0.2, -0.15) is 0 Å². The molecule has 2 bridgehead atoms. The first kappa shape index (κ1) is 22.9. The third kappa shape index (κ3) is 6.05. The Kier molecular flexibility index (Phi) is 7.25. The van der Waals surface area contributed by atoms with E-state index < -0.39 is 8.32 Å². The minimum absolute atomic E-state index is 0.192. The summed E-state index contributed by atoms with van der Waals surface area (Å²) in [6.07, 6.45) is 12.3. The number of aliphatic hydroxyl groups is 1. The highest BCUT2D eigenvalue weighted by molar-refractivity contribution is 6.74. The van der Waals surface area contributed by atoms with Gasteiger partial charge in [-0.15, -0.1) is 0 Å². The number of allylic oxidation sites excluding steroid dienone is 3. The van der Waals surface area contributed by atoms with Gasteiger partial charge < -0.3 is 9.53 Å². The molecule has 156 valence electrons. The van der Waals surface area contributed by atoms with Gasteiger partial charge in [-0.25, -0.2) is 0 Å². The molecule has 27 heavy (non-hydrogen) atoms. The molecule has 0 aromatic carbocycles. The lowest BCUT2D eigenvalue weighted by Gasteiger charge is -2.48. The SMILES string of the molecule is C/C1=C/[C@@H](O)[C@H]2C[C@@](C)(CC/C(C)=C\CC1)CC[C@H]2O[Si](C)(C)C(C)(C)C. The highest BCUT2D eigenvalue weighted by atomic mass is 28.4. The molecule has 0 spiro atoms. The van der Waals surface area contributed by atoms with Crippen molar-refractivity contribution in [1.82, 2.24) is 0 Å². The van der Waals surface area contributed by atoms with Gasteiger partial charge >= 0.3 is 0 Å². The molecule has 1 saturated carbocycles. The summed E-state index contributed by atoms with van der Waals surface area (Å²) >= 11 is 0. The lowest BCUT2D eigenvalue weighted by Crippen LogP contribution is -2.50. The van der Waals surface area contributed by atoms with Crippen LogP contribution in [0.25, 0.3) is 0 Å². The van der Waals surface area contributed by atoms with Crippen molar-refractivity contribution in [3.05, 3.63) is 23.3 Å². The normalized spacial score (nSPS) is 38.0. The Morgan fingerprint density at radius 3 is 2.41 bits per heavy atom. The van der Waals surface area contributed by atoms with E-state index in [1.807, 2.05) is 0 Å². The van der Waals surface area contributed by atoms with Gasteiger partial charge in [-0.3, -0.25) is 0 Å². The number of aliphatic hydroxyl groups excluding tert-OH is 1. The van der Waals surface area contributed by atoms with Crippen molar-refractivity contribution in [3.63, 3.8) is 0 Å². The Labute approximate surface area is 169 Å². The van der Waals surface area contributed by atoms with Crippen LogP contribution in [0.3, 0.4) is 0 Å². The van der Waals surface area contributed by atoms with Crippen LogP contribution in [0.4, 0.5) is 0 Å². The Bertz CT molecular complexity index is 569. The van der Waals surface area contributed by atoms with E-state index in [4.69, 9.17) is 4.43 Å². The van der Waals surface area contributed by atoms with Gasteiger partial charge in [0.25, 0.3) is 0 Å². The number of hydrogen-bond donors (Lipinski definition) is 1. The highest BCUT2D eigenvalue weighted by Gasteiger charge is 2.46. The van der Waals surface area contributed by atoms with Gasteiger partial charge in [0.15, 0.2) is 8.32 Å². The fourth-order valence-corrected chi connectivity index (χ4v) is 5.83. The van der Waals surface area contributed by atoms with E-state index in [0.29, 0.717) is 5.41 Å². The van der Waals surface area contributed by atoms with Crippen molar-refractivity contribution in [2.75, 3.05) is 0 Å². The predicted octanol–water partition coefficient (Wildman–Crippen LogP) is 7.01. The Balaban J connectivity index is 2.29. The van der Waals surface area contributed by atoms with Crippen LogP contribution in [0.2, 0.25) is 18.1 Å². The summed E-state index contributed by atoms with van der Waals surface area (Å²) in [6, 6.07) is 0. The monoisotopic (exact) mass is 392 g/mol. The molecule has 0 saturated heterocycles. The molecule has 2 aliphatic rings. The van der Waals surface area contributed by atoms with Crippen molar-refractivity contribution in [3.8, 4) is 0 Å². The summed E-state index contributed by atoms with van der Waals surface area (Å²) < 4.78 is 6.86. The molecule has 1 N–H and O–H groups in total. The summed E-state index contributed by atoms with van der Waals surface area (Å²) in [7, 11) is -1.84. The number of fused-ring (bicyclic) bond motifs is 2. The average Bonchev–Trinajstić information content (AvgIpc) is 2.53. The third-order valence-corrected chi connectivity index (χ3v) is 12.0. The Morgan fingerprint density at radius 2 is 1.78 bits per heavy atom. The van der Waals surface area contributed by atoms with Crippen molar-refractivity contribution in [2.45, 2.75) is 117 Å². The molecular formula is C24H44O2Si. The Morgan fingerprint density at radius 1 is 1.11 bits per heavy atom. The van der Waals surface area contributed by atoms with Crippen LogP contribution >= 0.6 is 0 Å². The van der Waals surface area contributed by atoms with Crippen LogP contribution in [0, 0.1) is 11.3 Å². The predicted molar refractivity (Wildman–Crippen MR) is 120 cm³/mol. The second-order valence-corrected chi connectivity index (χ2v) is 16.0. The van der Waals surface area contributed by atoms with E-state index in [2.05, 4.69) is 66.8 Å². The van der Waals surface area contributed by atoms with Crippen LogP contribution in [-0.4, -0.2) is 25.6 Å². The van der Waals surface area contributed by atoms with Gasteiger partial charge in [0.05, 0.1) is 12.2 Å². The summed E-state index contributed by atoms with van der Waals surface area (Å²) in [5.74, 6) is 0.219. The van der Waals surface area contributed by atoms with Gasteiger partial charge in [0, 0.05) is 5.92 Å². The first-order valence-electron chi connectivity index (χ1n) is 11.0. The molecule has 0 radical (unpaired) electrons. The lowest BCUT2D eigenvalue weighted by atomic mass is 9.65. The molecule has 0 aromatic heterocycles. The van der Waals surface area contributed by atoms with Crippen molar-refractivity contribution in [1.29, 1.82) is 0 Å². The molecule has 2 rings (SSSR count). The molecule has 3 heteroatoms. The molecule has 4 atom stereocenters. The van der Waals surface area contributed by atoms with Crippen LogP contribution in [-0.2, 0) is 4.43 Å². The van der Waals surface area contributed by atoms with Crippen LogP contribution < -0.4 is 0 Å². The molecule has 0 heterocycles. The maximum atomic E-state index is 11.2. The van der Waals surface area contributed by atoms with Crippen molar-refractivity contribution in [2.24, 2.45) is 11.3 Å². The number of rotatable bonds is 2. The maximum Gasteiger partial charge on any atom is 0.192 e. The minimum atomic E-state index is -1.84. The molecule has 2 nitrogen and oxygen atoms in total. The van der Waals surface area contributed by atoms with Gasteiger partial charge in [-0.05, 0) is 82.3 Å². The largest absolute Gasteiger partial charge is 0.414 e. The summed E-state index contributed by atoms with van der Waals surface area (Å²) in [4.78, 5) is 0. The smallest absolute Gasteiger partial charge is 0.192 e. The summed E-state index contributed by atoms with van der Waals surface area (Å²) in [5, 5.41) is 11.4. The molecular weight excluding hydrogens is 348 g/mol. The van der Waals surface area contributed by atoms with Gasteiger partial charge in [0.1, 0.15) is 0 Å². The topological polar surface area (TPSA) is 29.5 Å². The minimum Gasteiger partial charge on any atom is -0.414 e. The molecule has 0 aromatic rings. The van der Waals surface area contributed by atoms with E-state index >= 15 is 0 Å². The second-order valence-electron chi connectivity index (χ2n) is 11.2. The zero-order valence-corrected chi connectivity index (χ0v) is 20.2. The quantitative estimate of drug-likeness (QED) is 0.404. The fourth-order valence-electron chi connectivity index (χ4n) is 4.42. The molecule has 1 fully saturated rings. The highest BCUT2D eigenvalue weighted by Crippen LogP contribution is 2.48. The summed E-state index contributed by atoms with van der Waals surface area (Å²) in [6.45, 7) is 18.5. The van der Waals surface area contributed by atoms with Crippen molar-refractivity contribution < 1.29 is 9.53 Å². The fraction of sp³-hybridized carbons (Fsp3) is 0.833. The lowest BCUT2D eigenvalue weighted by molar-refractivity contribution is -0.0292. The van der Waals surface area contributed by atoms with Gasteiger partial charge in [-0.1, -0.05) is 51.0 Å². The van der Waals surface area contributed by atoms with Crippen LogP contribution in [0.15, 0.2) is 23.3 Å². The van der Waals surface area contributed by atoms with Crippen LogP contribution in [0.1, 0.15) is 86.5 Å². The molecule has 0 aliphatic heterocycles. The van der Waals surface area contributed by atoms with Gasteiger partial charge in [0.2, 0.25) is 0 Å². The van der Waals surface area contributed by atoms with Crippen LogP contribution in [0.5, 0.6) is 0 Å². The van der Waals surface area contributed by atoms with E-state index in [1.165, 1.54) is 30.4 Å². The second kappa shape index (κ2) is 8.55.